The summed E-state index contributed by atoms with van der Waals surface area (Å²) < 4.78 is 5.07. The summed E-state index contributed by atoms with van der Waals surface area (Å²) in [6.07, 6.45) is 1.69. The molecule has 3 N–H and O–H groups in total. The van der Waals surface area contributed by atoms with E-state index in [0.29, 0.717) is 32.4 Å². The average Bonchev–Trinajstić information content (AvgIpc) is 2.61. The molecule has 1 unspecified atom stereocenters. The van der Waals surface area contributed by atoms with Gasteiger partial charge in [0.25, 0.3) is 0 Å². The van der Waals surface area contributed by atoms with Crippen LogP contribution in [0.15, 0.2) is 0 Å². The van der Waals surface area contributed by atoms with Crippen molar-refractivity contribution in [3.8, 4) is 6.07 Å². The minimum absolute atomic E-state index is 0.173. The van der Waals surface area contributed by atoms with Crippen molar-refractivity contribution >= 4 is 5.91 Å². The summed E-state index contributed by atoms with van der Waals surface area (Å²) in [5.74, 6) is -0.173. The molecule has 1 rings (SSSR count). The molecule has 78 valence electrons. The van der Waals surface area contributed by atoms with Crippen LogP contribution in [0, 0.1) is 11.3 Å². The number of ether oxygens (including phenoxy) is 1. The number of carbonyl (C=O) groups is 1. The molecule has 1 heterocycles. The minimum Gasteiger partial charge on any atom is -0.379 e. The van der Waals surface area contributed by atoms with Crippen LogP contribution in [0.25, 0.3) is 0 Å². The van der Waals surface area contributed by atoms with Gasteiger partial charge in [-0.25, -0.2) is 0 Å². The molecule has 1 saturated heterocycles. The van der Waals surface area contributed by atoms with Crippen LogP contribution >= 0.6 is 0 Å². The highest BCUT2D eigenvalue weighted by atomic mass is 16.5. The van der Waals surface area contributed by atoms with E-state index < -0.39 is 5.54 Å². The van der Waals surface area contributed by atoms with Crippen LogP contribution in [0.4, 0.5) is 0 Å². The van der Waals surface area contributed by atoms with E-state index in [9.17, 15) is 4.79 Å². The molecule has 0 spiro atoms. The van der Waals surface area contributed by atoms with Gasteiger partial charge >= 0.3 is 0 Å². The van der Waals surface area contributed by atoms with Crippen LogP contribution in [-0.4, -0.2) is 31.2 Å². The van der Waals surface area contributed by atoms with Gasteiger partial charge in [0.1, 0.15) is 5.54 Å². The lowest BCUT2D eigenvalue weighted by molar-refractivity contribution is -0.126. The molecule has 0 aromatic heterocycles. The van der Waals surface area contributed by atoms with Crippen molar-refractivity contribution < 1.29 is 9.53 Å². The second-order valence-corrected chi connectivity index (χ2v) is 3.48. The van der Waals surface area contributed by atoms with Gasteiger partial charge < -0.3 is 15.8 Å². The quantitative estimate of drug-likeness (QED) is 0.596. The first-order valence-corrected chi connectivity index (χ1v) is 4.71. The van der Waals surface area contributed by atoms with E-state index >= 15 is 0 Å². The topological polar surface area (TPSA) is 88.1 Å². The third-order valence-electron chi connectivity index (χ3n) is 2.26. The van der Waals surface area contributed by atoms with Crippen LogP contribution in [0.1, 0.15) is 19.3 Å². The lowest BCUT2D eigenvalue weighted by atomic mass is 9.99. The molecule has 0 aromatic carbocycles. The standard InChI is InChI=1S/C9H15N3O2/c10-4-1-2-5-12-8(13)9(11)3-6-14-7-9/h1-3,5-7,11H2,(H,12,13). The number of hydrogen-bond acceptors (Lipinski definition) is 4. The van der Waals surface area contributed by atoms with Gasteiger partial charge in [-0.05, 0) is 12.8 Å². The lowest BCUT2D eigenvalue weighted by Crippen LogP contribution is -2.54. The minimum atomic E-state index is -0.855. The van der Waals surface area contributed by atoms with E-state index in [4.69, 9.17) is 15.7 Å². The maximum atomic E-state index is 11.5. The van der Waals surface area contributed by atoms with Gasteiger partial charge in [0.05, 0.1) is 12.7 Å². The summed E-state index contributed by atoms with van der Waals surface area (Å²) in [5, 5.41) is 11.0. The molecule has 5 nitrogen and oxygen atoms in total. The van der Waals surface area contributed by atoms with Crippen molar-refractivity contribution in [2.75, 3.05) is 19.8 Å². The number of unbranched alkanes of at least 4 members (excludes halogenated alkanes) is 1. The number of nitrogens with one attached hydrogen (secondary N) is 1. The van der Waals surface area contributed by atoms with Crippen LogP contribution in [0.3, 0.4) is 0 Å². The summed E-state index contributed by atoms with van der Waals surface area (Å²) in [4.78, 5) is 11.5. The Morgan fingerprint density at radius 3 is 3.07 bits per heavy atom. The molecule has 0 aliphatic carbocycles. The second-order valence-electron chi connectivity index (χ2n) is 3.48. The van der Waals surface area contributed by atoms with Gasteiger partial charge in [-0.15, -0.1) is 0 Å². The highest BCUT2D eigenvalue weighted by Crippen LogP contribution is 2.15. The molecule has 1 fully saturated rings. The zero-order valence-corrected chi connectivity index (χ0v) is 8.08. The Labute approximate surface area is 83.2 Å². The molecule has 14 heavy (non-hydrogen) atoms. The predicted molar refractivity (Wildman–Crippen MR) is 50.2 cm³/mol. The molecule has 0 aromatic rings. The number of carbonyl (C=O) groups excluding carboxylic acids is 1. The molecule has 0 bridgehead atoms. The number of hydrogen-bond donors (Lipinski definition) is 2. The highest BCUT2D eigenvalue weighted by molar-refractivity contribution is 5.86. The van der Waals surface area contributed by atoms with Crippen molar-refractivity contribution in [2.24, 2.45) is 5.73 Å². The number of rotatable bonds is 4. The van der Waals surface area contributed by atoms with E-state index in [1.54, 1.807) is 0 Å². The molecule has 0 radical (unpaired) electrons. The molecule has 0 saturated carbocycles. The Balaban J connectivity index is 2.24. The summed E-state index contributed by atoms with van der Waals surface area (Å²) in [6, 6.07) is 2.01. The first kappa shape index (κ1) is 11.0. The number of nitrogens with two attached hydrogens (primary N) is 1. The zero-order valence-electron chi connectivity index (χ0n) is 8.08. The average molecular weight is 197 g/mol. The summed E-state index contributed by atoms with van der Waals surface area (Å²) in [7, 11) is 0. The lowest BCUT2D eigenvalue weighted by Gasteiger charge is -2.20. The van der Waals surface area contributed by atoms with Crippen molar-refractivity contribution in [1.29, 1.82) is 5.26 Å². The fourth-order valence-electron chi connectivity index (χ4n) is 1.31. The van der Waals surface area contributed by atoms with Crippen LogP contribution in [0.2, 0.25) is 0 Å². The first-order valence-electron chi connectivity index (χ1n) is 4.71. The van der Waals surface area contributed by atoms with Crippen molar-refractivity contribution in [1.82, 2.24) is 5.32 Å². The van der Waals surface area contributed by atoms with Crippen molar-refractivity contribution in [3.05, 3.63) is 0 Å². The maximum Gasteiger partial charge on any atom is 0.242 e. The van der Waals surface area contributed by atoms with E-state index in [-0.39, 0.29) is 12.5 Å². The first-order chi connectivity index (χ1) is 6.69. The maximum absolute atomic E-state index is 11.5. The van der Waals surface area contributed by atoms with Gasteiger partial charge in [0.2, 0.25) is 5.91 Å². The van der Waals surface area contributed by atoms with E-state index in [1.807, 2.05) is 6.07 Å². The Bertz CT molecular complexity index is 241. The largest absolute Gasteiger partial charge is 0.379 e. The highest BCUT2D eigenvalue weighted by Gasteiger charge is 2.37. The third-order valence-corrected chi connectivity index (χ3v) is 2.26. The summed E-state index contributed by atoms with van der Waals surface area (Å²) in [5.41, 5.74) is 4.96. The van der Waals surface area contributed by atoms with Crippen LogP contribution in [-0.2, 0) is 9.53 Å². The monoisotopic (exact) mass is 197 g/mol. The number of amides is 1. The van der Waals surface area contributed by atoms with Gasteiger partial charge in [0.15, 0.2) is 0 Å². The molecule has 5 heteroatoms. The molecule has 1 aliphatic rings. The molecular formula is C9H15N3O2. The molecule has 1 atom stereocenters. The smallest absolute Gasteiger partial charge is 0.242 e. The Morgan fingerprint density at radius 1 is 1.71 bits per heavy atom. The van der Waals surface area contributed by atoms with Gasteiger partial charge in [-0.2, -0.15) is 5.26 Å². The van der Waals surface area contributed by atoms with Gasteiger partial charge in [-0.1, -0.05) is 0 Å². The number of nitrogens with zero attached hydrogens (tertiary/aromatic N) is 1. The Morgan fingerprint density at radius 2 is 2.50 bits per heavy atom. The Kier molecular flexibility index (Phi) is 3.86. The zero-order chi connectivity index (χ0) is 10.4. The van der Waals surface area contributed by atoms with Crippen LogP contribution in [0.5, 0.6) is 0 Å². The van der Waals surface area contributed by atoms with E-state index in [2.05, 4.69) is 5.32 Å². The van der Waals surface area contributed by atoms with Gasteiger partial charge in [-0.3, -0.25) is 4.79 Å². The van der Waals surface area contributed by atoms with Crippen molar-refractivity contribution in [3.63, 3.8) is 0 Å². The fourth-order valence-corrected chi connectivity index (χ4v) is 1.31. The third kappa shape index (κ3) is 2.69. The molecule has 1 amide bonds. The molecule has 1 aliphatic heterocycles. The van der Waals surface area contributed by atoms with E-state index in [1.165, 1.54) is 0 Å². The SMILES string of the molecule is N#CCCCNC(=O)C1(N)CCOC1. The second kappa shape index (κ2) is 4.94. The fraction of sp³-hybridized carbons (Fsp3) is 0.778. The predicted octanol–water partition coefficient (Wildman–Crippen LogP) is -0.476. The van der Waals surface area contributed by atoms with Gasteiger partial charge in [0, 0.05) is 19.6 Å². The summed E-state index contributed by atoms with van der Waals surface area (Å²) >= 11 is 0. The van der Waals surface area contributed by atoms with Crippen LogP contribution < -0.4 is 11.1 Å². The van der Waals surface area contributed by atoms with Crippen molar-refractivity contribution in [2.45, 2.75) is 24.8 Å². The van der Waals surface area contributed by atoms with E-state index in [0.717, 1.165) is 0 Å². The normalized spacial score (nSPS) is 25.7. The number of nitriles is 1. The molecular weight excluding hydrogens is 182 g/mol. The summed E-state index contributed by atoms with van der Waals surface area (Å²) in [6.45, 7) is 1.34. The Hall–Kier alpha value is -1.12.